The Morgan fingerprint density at radius 1 is 1.10 bits per heavy atom. The number of hydrogen-bond donors (Lipinski definition) is 1. The number of amides is 1. The summed E-state index contributed by atoms with van der Waals surface area (Å²) in [7, 11) is 0. The van der Waals surface area contributed by atoms with E-state index in [1.54, 1.807) is 0 Å². The van der Waals surface area contributed by atoms with Gasteiger partial charge in [-0.05, 0) is 49.8 Å². The van der Waals surface area contributed by atoms with Crippen LogP contribution in [0.1, 0.15) is 38.2 Å². The van der Waals surface area contributed by atoms with Crippen LogP contribution in [-0.4, -0.2) is 41.6 Å². The number of hydrogen-bond acceptors (Lipinski definition) is 3. The van der Waals surface area contributed by atoms with E-state index in [0.717, 1.165) is 25.0 Å². The SMILES string of the molecule is C[C@@]12C[C@H]3[C@@H](Cc4ccccc4)N[C@@H]1CCC[C@@H]2N3C(=O)COc1ccccc1. The van der Waals surface area contributed by atoms with Gasteiger partial charge in [0.25, 0.3) is 5.91 Å². The van der Waals surface area contributed by atoms with Gasteiger partial charge in [0, 0.05) is 29.6 Å². The maximum Gasteiger partial charge on any atom is 0.261 e. The lowest BCUT2D eigenvalue weighted by atomic mass is 9.65. The van der Waals surface area contributed by atoms with Crippen LogP contribution < -0.4 is 10.1 Å². The summed E-state index contributed by atoms with van der Waals surface area (Å²) in [5.74, 6) is 0.893. The molecule has 29 heavy (non-hydrogen) atoms. The van der Waals surface area contributed by atoms with Gasteiger partial charge in [-0.25, -0.2) is 0 Å². The summed E-state index contributed by atoms with van der Waals surface area (Å²) in [6.45, 7) is 2.52. The molecule has 2 aliphatic heterocycles. The molecule has 2 bridgehead atoms. The third kappa shape index (κ3) is 3.33. The van der Waals surface area contributed by atoms with Crippen LogP contribution in [0.2, 0.25) is 0 Å². The number of fused-ring (bicyclic) bond motifs is 1. The number of piperidine rings is 1. The molecule has 0 radical (unpaired) electrons. The summed E-state index contributed by atoms with van der Waals surface area (Å²) in [4.78, 5) is 15.6. The quantitative estimate of drug-likeness (QED) is 0.844. The Bertz CT molecular complexity index is 856. The van der Waals surface area contributed by atoms with E-state index in [-0.39, 0.29) is 24.0 Å². The van der Waals surface area contributed by atoms with Crippen LogP contribution in [0.25, 0.3) is 0 Å². The van der Waals surface area contributed by atoms with Crippen molar-refractivity contribution < 1.29 is 9.53 Å². The molecule has 2 aromatic rings. The minimum absolute atomic E-state index is 0.121. The first-order chi connectivity index (χ1) is 14.1. The molecule has 1 amide bonds. The normalized spacial score (nSPS) is 32.8. The van der Waals surface area contributed by atoms with E-state index in [1.165, 1.54) is 18.4 Å². The topological polar surface area (TPSA) is 41.6 Å². The van der Waals surface area contributed by atoms with Crippen LogP contribution in [0.5, 0.6) is 5.75 Å². The first-order valence-electron chi connectivity index (χ1n) is 10.9. The van der Waals surface area contributed by atoms with Crippen LogP contribution in [-0.2, 0) is 11.2 Å². The smallest absolute Gasteiger partial charge is 0.261 e. The van der Waals surface area contributed by atoms with E-state index < -0.39 is 0 Å². The van der Waals surface area contributed by atoms with Gasteiger partial charge in [0.1, 0.15) is 5.75 Å². The Balaban J connectivity index is 1.38. The predicted octanol–water partition coefficient (Wildman–Crippen LogP) is 3.81. The molecule has 5 rings (SSSR count). The molecule has 152 valence electrons. The van der Waals surface area contributed by atoms with Crippen LogP contribution in [0.4, 0.5) is 0 Å². The van der Waals surface area contributed by atoms with Gasteiger partial charge in [-0.3, -0.25) is 4.79 Å². The molecule has 3 fully saturated rings. The molecule has 0 spiro atoms. The second kappa shape index (κ2) is 7.49. The molecule has 4 nitrogen and oxygen atoms in total. The Morgan fingerprint density at radius 3 is 2.59 bits per heavy atom. The number of rotatable bonds is 5. The second-order valence-electron chi connectivity index (χ2n) is 9.14. The van der Waals surface area contributed by atoms with Crippen molar-refractivity contribution in [3.63, 3.8) is 0 Å². The fourth-order valence-electron chi connectivity index (χ4n) is 6.06. The Labute approximate surface area is 173 Å². The van der Waals surface area contributed by atoms with Crippen LogP contribution in [0.3, 0.4) is 0 Å². The van der Waals surface area contributed by atoms with Crippen molar-refractivity contribution in [3.8, 4) is 5.75 Å². The highest BCUT2D eigenvalue weighted by Crippen LogP contribution is 2.53. The minimum Gasteiger partial charge on any atom is -0.484 e. The van der Waals surface area contributed by atoms with E-state index in [2.05, 4.69) is 47.5 Å². The summed E-state index contributed by atoms with van der Waals surface area (Å²) >= 11 is 0. The summed E-state index contributed by atoms with van der Waals surface area (Å²) in [6.07, 6.45) is 5.58. The van der Waals surface area contributed by atoms with E-state index in [1.807, 2.05) is 30.3 Å². The highest BCUT2D eigenvalue weighted by atomic mass is 16.5. The van der Waals surface area contributed by atoms with Crippen LogP contribution in [0, 0.1) is 5.41 Å². The highest BCUT2D eigenvalue weighted by Gasteiger charge is 2.60. The zero-order chi connectivity index (χ0) is 19.8. The van der Waals surface area contributed by atoms with E-state index in [9.17, 15) is 4.79 Å². The molecule has 0 unspecified atom stereocenters. The summed E-state index contributed by atoms with van der Waals surface area (Å²) in [5.41, 5.74) is 1.52. The van der Waals surface area contributed by atoms with Gasteiger partial charge in [-0.1, -0.05) is 55.5 Å². The van der Waals surface area contributed by atoms with Gasteiger partial charge in [0.05, 0.1) is 0 Å². The lowest BCUT2D eigenvalue weighted by Crippen LogP contribution is -2.58. The van der Waals surface area contributed by atoms with Crippen molar-refractivity contribution in [2.24, 2.45) is 5.41 Å². The lowest BCUT2D eigenvalue weighted by Gasteiger charge is -2.46. The Morgan fingerprint density at radius 2 is 1.83 bits per heavy atom. The molecule has 5 atom stereocenters. The van der Waals surface area contributed by atoms with Crippen molar-refractivity contribution in [1.29, 1.82) is 0 Å². The fraction of sp³-hybridized carbons (Fsp3) is 0.480. The number of benzene rings is 2. The summed E-state index contributed by atoms with van der Waals surface area (Å²) in [6, 6.07) is 21.7. The Kier molecular flexibility index (Phi) is 4.83. The van der Waals surface area contributed by atoms with Crippen LogP contribution >= 0.6 is 0 Å². The number of carbonyl (C=O) groups excluding carboxylic acids is 1. The van der Waals surface area contributed by atoms with E-state index in [4.69, 9.17) is 4.74 Å². The molecular weight excluding hydrogens is 360 g/mol. The zero-order valence-corrected chi connectivity index (χ0v) is 17.1. The third-order valence-electron chi connectivity index (χ3n) is 7.44. The molecule has 2 saturated heterocycles. The van der Waals surface area contributed by atoms with Gasteiger partial charge in [-0.15, -0.1) is 0 Å². The fourth-order valence-corrected chi connectivity index (χ4v) is 6.06. The average molecular weight is 391 g/mol. The molecule has 4 heteroatoms. The molecule has 1 N–H and O–H groups in total. The number of ether oxygens (including phenoxy) is 1. The maximum absolute atomic E-state index is 13.4. The largest absolute Gasteiger partial charge is 0.484 e. The van der Waals surface area contributed by atoms with Crippen molar-refractivity contribution in [2.45, 2.75) is 63.2 Å². The molecule has 1 aliphatic carbocycles. The first-order valence-corrected chi connectivity index (χ1v) is 10.9. The van der Waals surface area contributed by atoms with Crippen LogP contribution in [0.15, 0.2) is 60.7 Å². The number of likely N-dealkylation sites (tertiary alicyclic amines) is 1. The number of carbonyl (C=O) groups is 1. The monoisotopic (exact) mass is 390 g/mol. The number of para-hydroxylation sites is 1. The van der Waals surface area contributed by atoms with Gasteiger partial charge in [0.15, 0.2) is 6.61 Å². The highest BCUT2D eigenvalue weighted by molar-refractivity contribution is 5.79. The Hall–Kier alpha value is -2.33. The predicted molar refractivity (Wildman–Crippen MR) is 114 cm³/mol. The number of nitrogens with one attached hydrogen (secondary N) is 1. The molecule has 2 heterocycles. The van der Waals surface area contributed by atoms with Crippen molar-refractivity contribution >= 4 is 5.91 Å². The third-order valence-corrected chi connectivity index (χ3v) is 7.44. The molecule has 1 saturated carbocycles. The van der Waals surface area contributed by atoms with E-state index in [0.29, 0.717) is 18.1 Å². The summed E-state index contributed by atoms with van der Waals surface area (Å²) in [5, 5.41) is 3.96. The van der Waals surface area contributed by atoms with Gasteiger partial charge >= 0.3 is 0 Å². The molecule has 2 aromatic carbocycles. The first kappa shape index (κ1) is 18.7. The standard InChI is InChI=1S/C25H30N2O2/c1-25-16-21-20(15-18-9-4-2-5-10-18)26-22(25)13-8-14-23(25)27(21)24(28)17-29-19-11-6-3-7-12-19/h2-7,9-12,20-23,26H,8,13-17H2,1H3/t20-,21+,22-,23+,25-/m1/s1. The van der Waals surface area contributed by atoms with Crippen molar-refractivity contribution in [1.82, 2.24) is 10.2 Å². The molecule has 3 aliphatic rings. The maximum atomic E-state index is 13.4. The zero-order valence-electron chi connectivity index (χ0n) is 17.1. The van der Waals surface area contributed by atoms with Gasteiger partial charge < -0.3 is 15.0 Å². The minimum atomic E-state index is 0.121. The van der Waals surface area contributed by atoms with Gasteiger partial charge in [0.2, 0.25) is 0 Å². The second-order valence-corrected chi connectivity index (χ2v) is 9.14. The van der Waals surface area contributed by atoms with Crippen molar-refractivity contribution in [2.75, 3.05) is 6.61 Å². The van der Waals surface area contributed by atoms with E-state index >= 15 is 0 Å². The number of nitrogens with zero attached hydrogens (tertiary/aromatic N) is 1. The lowest BCUT2D eigenvalue weighted by molar-refractivity contribution is -0.137. The molecule has 0 aromatic heterocycles. The molecular formula is C25H30N2O2. The van der Waals surface area contributed by atoms with Gasteiger partial charge in [-0.2, -0.15) is 0 Å². The van der Waals surface area contributed by atoms with Crippen molar-refractivity contribution in [3.05, 3.63) is 66.2 Å². The average Bonchev–Trinajstić information content (AvgIpc) is 3.06. The summed E-state index contributed by atoms with van der Waals surface area (Å²) < 4.78 is 5.84.